The molecule has 0 aliphatic carbocycles. The van der Waals surface area contributed by atoms with Crippen LogP contribution in [0.15, 0.2) is 72.8 Å². The van der Waals surface area contributed by atoms with Gasteiger partial charge in [-0.15, -0.1) is 0 Å². The first-order valence-corrected chi connectivity index (χ1v) is 10.4. The van der Waals surface area contributed by atoms with Crippen molar-refractivity contribution in [2.24, 2.45) is 5.92 Å². The number of rotatable bonds is 7. The van der Waals surface area contributed by atoms with Gasteiger partial charge in [-0.3, -0.25) is 9.59 Å². The average molecular weight is 434 g/mol. The Morgan fingerprint density at radius 1 is 1.00 bits per heavy atom. The van der Waals surface area contributed by atoms with Crippen LogP contribution in [0.25, 0.3) is 0 Å². The Hall–Kier alpha value is -3.87. The van der Waals surface area contributed by atoms with E-state index < -0.39 is 11.7 Å². The maximum Gasteiger partial charge on any atom is 0.262 e. The van der Waals surface area contributed by atoms with E-state index in [1.54, 1.807) is 30.3 Å². The molecule has 0 radical (unpaired) electrons. The minimum absolute atomic E-state index is 0.0726. The van der Waals surface area contributed by atoms with Crippen LogP contribution in [0.5, 0.6) is 11.5 Å². The number of nitrogens with one attached hydrogen (secondary N) is 2. The fourth-order valence-corrected chi connectivity index (χ4v) is 3.53. The minimum atomic E-state index is -0.532. The molecule has 0 saturated heterocycles. The number of benzene rings is 3. The average Bonchev–Trinajstić information content (AvgIpc) is 2.82. The fraction of sp³-hybridized carbons (Fsp3) is 0.200. The van der Waals surface area contributed by atoms with Gasteiger partial charge in [-0.2, -0.15) is 0 Å². The summed E-state index contributed by atoms with van der Waals surface area (Å²) >= 11 is 0. The standard InChI is InChI=1S/C25H23FN2O4/c26-20-9-3-4-10-21(20)28-24(29)16-32-23-12-6-2-8-19(23)25(30)27-14-17-13-18-7-1-5-11-22(18)31-15-17/h1-12,17H,13-16H2,(H,27,30)(H,28,29). The summed E-state index contributed by atoms with van der Waals surface area (Å²) in [5.74, 6) is -0.0258. The summed E-state index contributed by atoms with van der Waals surface area (Å²) in [4.78, 5) is 24.9. The van der Waals surface area contributed by atoms with E-state index in [9.17, 15) is 14.0 Å². The molecule has 0 saturated carbocycles. The first kappa shape index (κ1) is 21.4. The molecule has 4 rings (SSSR count). The number of fused-ring (bicyclic) bond motifs is 1. The van der Waals surface area contributed by atoms with Crippen LogP contribution in [0.4, 0.5) is 10.1 Å². The Morgan fingerprint density at radius 3 is 2.62 bits per heavy atom. The number of ether oxygens (including phenoxy) is 2. The first-order chi connectivity index (χ1) is 15.6. The van der Waals surface area contributed by atoms with Gasteiger partial charge in [0.25, 0.3) is 11.8 Å². The molecular formula is C25H23FN2O4. The van der Waals surface area contributed by atoms with E-state index in [2.05, 4.69) is 10.6 Å². The number of hydrogen-bond donors (Lipinski definition) is 2. The van der Waals surface area contributed by atoms with E-state index in [1.165, 1.54) is 18.2 Å². The van der Waals surface area contributed by atoms with E-state index >= 15 is 0 Å². The van der Waals surface area contributed by atoms with Crippen LogP contribution in [-0.2, 0) is 11.2 Å². The lowest BCUT2D eigenvalue weighted by Crippen LogP contribution is -2.35. The molecule has 0 bridgehead atoms. The Kier molecular flexibility index (Phi) is 6.65. The number of carbonyl (C=O) groups is 2. The highest BCUT2D eigenvalue weighted by Crippen LogP contribution is 2.26. The van der Waals surface area contributed by atoms with Crippen LogP contribution >= 0.6 is 0 Å². The largest absolute Gasteiger partial charge is 0.493 e. The number of amides is 2. The molecule has 1 aliphatic heterocycles. The monoisotopic (exact) mass is 434 g/mol. The van der Waals surface area contributed by atoms with Gasteiger partial charge in [-0.05, 0) is 42.3 Å². The van der Waals surface area contributed by atoms with Gasteiger partial charge in [0.15, 0.2) is 6.61 Å². The minimum Gasteiger partial charge on any atom is -0.493 e. The summed E-state index contributed by atoms with van der Waals surface area (Å²) in [6.07, 6.45) is 0.824. The van der Waals surface area contributed by atoms with Gasteiger partial charge in [0.1, 0.15) is 17.3 Å². The Bertz CT molecular complexity index is 1120. The van der Waals surface area contributed by atoms with Crippen LogP contribution in [-0.4, -0.2) is 31.6 Å². The molecule has 1 aliphatic rings. The quantitative estimate of drug-likeness (QED) is 0.593. The molecule has 0 fully saturated rings. The highest BCUT2D eigenvalue weighted by atomic mass is 19.1. The lowest BCUT2D eigenvalue weighted by atomic mass is 9.96. The van der Waals surface area contributed by atoms with Crippen molar-refractivity contribution in [2.75, 3.05) is 25.1 Å². The third kappa shape index (κ3) is 5.24. The summed E-state index contributed by atoms with van der Waals surface area (Å²) < 4.78 is 25.0. The van der Waals surface area contributed by atoms with Gasteiger partial charge in [-0.1, -0.05) is 42.5 Å². The fourth-order valence-electron chi connectivity index (χ4n) is 3.53. The summed E-state index contributed by atoms with van der Waals surface area (Å²) in [5, 5.41) is 5.38. The highest BCUT2D eigenvalue weighted by molar-refractivity contribution is 5.97. The lowest BCUT2D eigenvalue weighted by molar-refractivity contribution is -0.118. The van der Waals surface area contributed by atoms with Crippen molar-refractivity contribution in [3.05, 3.63) is 89.7 Å². The van der Waals surface area contributed by atoms with Crippen molar-refractivity contribution < 1.29 is 23.5 Å². The highest BCUT2D eigenvalue weighted by Gasteiger charge is 2.21. The van der Waals surface area contributed by atoms with Gasteiger partial charge < -0.3 is 20.1 Å². The molecule has 2 N–H and O–H groups in total. The summed E-state index contributed by atoms with van der Waals surface area (Å²) in [5.41, 5.74) is 1.52. The Morgan fingerprint density at radius 2 is 1.75 bits per heavy atom. The zero-order valence-corrected chi connectivity index (χ0v) is 17.3. The lowest BCUT2D eigenvalue weighted by Gasteiger charge is -2.25. The molecule has 1 atom stereocenters. The molecule has 2 amide bonds. The third-order valence-corrected chi connectivity index (χ3v) is 5.15. The topological polar surface area (TPSA) is 76.7 Å². The molecule has 164 valence electrons. The molecule has 0 aromatic heterocycles. The zero-order chi connectivity index (χ0) is 22.3. The predicted molar refractivity (Wildman–Crippen MR) is 118 cm³/mol. The van der Waals surface area contributed by atoms with Crippen LogP contribution in [0.2, 0.25) is 0 Å². The van der Waals surface area contributed by atoms with E-state index in [0.29, 0.717) is 18.7 Å². The summed E-state index contributed by atoms with van der Waals surface area (Å²) in [7, 11) is 0. The maximum absolute atomic E-state index is 13.7. The van der Waals surface area contributed by atoms with Crippen LogP contribution < -0.4 is 20.1 Å². The second-order valence-corrected chi connectivity index (χ2v) is 7.51. The van der Waals surface area contributed by atoms with Gasteiger partial charge in [0.2, 0.25) is 0 Å². The second-order valence-electron chi connectivity index (χ2n) is 7.51. The van der Waals surface area contributed by atoms with Crippen molar-refractivity contribution in [2.45, 2.75) is 6.42 Å². The van der Waals surface area contributed by atoms with Gasteiger partial charge in [-0.25, -0.2) is 4.39 Å². The molecule has 3 aromatic carbocycles. The number of halogens is 1. The SMILES string of the molecule is O=C(COc1ccccc1C(=O)NCC1COc2ccccc2C1)Nc1ccccc1F. The Balaban J connectivity index is 1.32. The summed E-state index contributed by atoms with van der Waals surface area (Å²) in [6.45, 7) is 0.632. The van der Waals surface area contributed by atoms with Gasteiger partial charge >= 0.3 is 0 Å². The number of para-hydroxylation sites is 3. The second kappa shape index (κ2) is 9.96. The van der Waals surface area contributed by atoms with Crippen molar-refractivity contribution in [3.8, 4) is 11.5 Å². The molecule has 1 heterocycles. The zero-order valence-electron chi connectivity index (χ0n) is 17.3. The summed E-state index contributed by atoms with van der Waals surface area (Å²) in [6, 6.07) is 20.4. The van der Waals surface area contributed by atoms with Crippen molar-refractivity contribution in [3.63, 3.8) is 0 Å². The normalized spacial score (nSPS) is 14.6. The number of hydrogen-bond acceptors (Lipinski definition) is 4. The maximum atomic E-state index is 13.7. The van der Waals surface area contributed by atoms with E-state index in [1.807, 2.05) is 24.3 Å². The van der Waals surface area contributed by atoms with Crippen molar-refractivity contribution in [1.82, 2.24) is 5.32 Å². The van der Waals surface area contributed by atoms with Crippen LogP contribution in [0.1, 0.15) is 15.9 Å². The Labute approximate surface area is 185 Å². The van der Waals surface area contributed by atoms with E-state index in [-0.39, 0.29) is 29.9 Å². The molecule has 32 heavy (non-hydrogen) atoms. The third-order valence-electron chi connectivity index (χ3n) is 5.15. The number of anilines is 1. The van der Waals surface area contributed by atoms with Gasteiger partial charge in [0.05, 0.1) is 17.9 Å². The van der Waals surface area contributed by atoms with Crippen LogP contribution in [0, 0.1) is 11.7 Å². The molecule has 1 unspecified atom stereocenters. The van der Waals surface area contributed by atoms with Crippen molar-refractivity contribution >= 4 is 17.5 Å². The number of carbonyl (C=O) groups excluding carboxylic acids is 2. The molecule has 3 aromatic rings. The van der Waals surface area contributed by atoms with E-state index in [0.717, 1.165) is 17.7 Å². The molecule has 6 nitrogen and oxygen atoms in total. The predicted octanol–water partition coefficient (Wildman–Crippen LogP) is 3.82. The van der Waals surface area contributed by atoms with Crippen LogP contribution in [0.3, 0.4) is 0 Å². The van der Waals surface area contributed by atoms with Crippen molar-refractivity contribution in [1.29, 1.82) is 0 Å². The molecular weight excluding hydrogens is 411 g/mol. The first-order valence-electron chi connectivity index (χ1n) is 10.4. The van der Waals surface area contributed by atoms with E-state index in [4.69, 9.17) is 9.47 Å². The van der Waals surface area contributed by atoms with Gasteiger partial charge in [0, 0.05) is 12.5 Å². The molecule has 0 spiro atoms. The molecule has 7 heteroatoms. The smallest absolute Gasteiger partial charge is 0.262 e.